The third kappa shape index (κ3) is 4.65. The fourth-order valence-electron chi connectivity index (χ4n) is 2.54. The molecule has 3 aromatic rings. The summed E-state index contributed by atoms with van der Waals surface area (Å²) in [7, 11) is 0. The molecule has 1 heterocycles. The summed E-state index contributed by atoms with van der Waals surface area (Å²) in [6, 6.07) is 18.6. The Bertz CT molecular complexity index is 926. The minimum Gasteiger partial charge on any atom is -0.344 e. The standard InChI is InChI=1S/C20H17N5O/c21-12-17-6-4-5-16(11-17)9-10-20(26)24-19(13-25-15-22-14-23-25)18-7-2-1-3-8-18/h1-11,14-15,19H,13H2,(H,24,26)/b10-9+/t19-/m1/s1. The number of hydrogen-bond donors (Lipinski definition) is 1. The van der Waals surface area contributed by atoms with Gasteiger partial charge in [-0.1, -0.05) is 42.5 Å². The van der Waals surface area contributed by atoms with Gasteiger partial charge in [0.15, 0.2) is 0 Å². The van der Waals surface area contributed by atoms with Crippen LogP contribution in [-0.4, -0.2) is 20.7 Å². The van der Waals surface area contributed by atoms with Crippen molar-refractivity contribution in [1.82, 2.24) is 20.1 Å². The summed E-state index contributed by atoms with van der Waals surface area (Å²) in [5.74, 6) is -0.221. The molecule has 3 rings (SSSR count). The molecule has 26 heavy (non-hydrogen) atoms. The van der Waals surface area contributed by atoms with E-state index in [1.54, 1.807) is 35.3 Å². The van der Waals surface area contributed by atoms with Crippen LogP contribution in [0.5, 0.6) is 0 Å². The molecule has 0 spiro atoms. The van der Waals surface area contributed by atoms with E-state index in [0.29, 0.717) is 12.1 Å². The van der Waals surface area contributed by atoms with Crippen molar-refractivity contribution in [3.63, 3.8) is 0 Å². The highest BCUT2D eigenvalue weighted by molar-refractivity contribution is 5.92. The number of carbonyl (C=O) groups excluding carboxylic acids is 1. The van der Waals surface area contributed by atoms with Crippen molar-refractivity contribution in [2.75, 3.05) is 0 Å². The summed E-state index contributed by atoms with van der Waals surface area (Å²) < 4.78 is 1.68. The van der Waals surface area contributed by atoms with Crippen LogP contribution in [0.2, 0.25) is 0 Å². The van der Waals surface area contributed by atoms with Crippen molar-refractivity contribution < 1.29 is 4.79 Å². The molecule has 0 unspecified atom stereocenters. The number of aromatic nitrogens is 3. The third-order valence-corrected chi connectivity index (χ3v) is 3.80. The molecule has 0 saturated carbocycles. The zero-order chi connectivity index (χ0) is 18.2. The first kappa shape index (κ1) is 17.1. The van der Waals surface area contributed by atoms with E-state index in [9.17, 15) is 4.79 Å². The summed E-state index contributed by atoms with van der Waals surface area (Å²) in [6.07, 6.45) is 6.23. The normalized spacial score (nSPS) is 11.8. The number of benzene rings is 2. The Kier molecular flexibility index (Phi) is 5.53. The third-order valence-electron chi connectivity index (χ3n) is 3.80. The molecular formula is C20H17N5O. The van der Waals surface area contributed by atoms with Crippen LogP contribution in [0.3, 0.4) is 0 Å². The minimum atomic E-state index is -0.236. The molecule has 0 aliphatic rings. The Morgan fingerprint density at radius 2 is 2.08 bits per heavy atom. The topological polar surface area (TPSA) is 83.6 Å². The van der Waals surface area contributed by atoms with E-state index in [2.05, 4.69) is 21.5 Å². The van der Waals surface area contributed by atoms with E-state index in [-0.39, 0.29) is 11.9 Å². The van der Waals surface area contributed by atoms with E-state index in [0.717, 1.165) is 11.1 Å². The van der Waals surface area contributed by atoms with Crippen LogP contribution in [0.4, 0.5) is 0 Å². The molecule has 6 heteroatoms. The Morgan fingerprint density at radius 1 is 1.23 bits per heavy atom. The van der Waals surface area contributed by atoms with Crippen molar-refractivity contribution in [3.8, 4) is 6.07 Å². The highest BCUT2D eigenvalue weighted by atomic mass is 16.1. The van der Waals surface area contributed by atoms with Crippen LogP contribution in [0, 0.1) is 11.3 Å². The maximum Gasteiger partial charge on any atom is 0.244 e. The first-order valence-electron chi connectivity index (χ1n) is 8.11. The van der Waals surface area contributed by atoms with Gasteiger partial charge in [-0.25, -0.2) is 4.98 Å². The number of rotatable bonds is 6. The van der Waals surface area contributed by atoms with Gasteiger partial charge in [-0.05, 0) is 29.3 Å². The lowest BCUT2D eigenvalue weighted by molar-refractivity contribution is -0.117. The predicted molar refractivity (Wildman–Crippen MR) is 97.5 cm³/mol. The highest BCUT2D eigenvalue weighted by Gasteiger charge is 2.14. The van der Waals surface area contributed by atoms with Crippen LogP contribution in [0.1, 0.15) is 22.7 Å². The van der Waals surface area contributed by atoms with Crippen molar-refractivity contribution in [1.29, 1.82) is 5.26 Å². The molecule has 0 saturated heterocycles. The molecule has 6 nitrogen and oxygen atoms in total. The maximum atomic E-state index is 12.4. The lowest BCUT2D eigenvalue weighted by Gasteiger charge is -2.18. The summed E-state index contributed by atoms with van der Waals surface area (Å²) in [5.41, 5.74) is 2.34. The second-order valence-corrected chi connectivity index (χ2v) is 5.66. The van der Waals surface area contributed by atoms with Crippen LogP contribution in [-0.2, 0) is 11.3 Å². The van der Waals surface area contributed by atoms with E-state index < -0.39 is 0 Å². The first-order valence-corrected chi connectivity index (χ1v) is 8.11. The van der Waals surface area contributed by atoms with Gasteiger partial charge in [0.1, 0.15) is 12.7 Å². The van der Waals surface area contributed by atoms with E-state index >= 15 is 0 Å². The molecule has 1 N–H and O–H groups in total. The fraction of sp³-hybridized carbons (Fsp3) is 0.100. The number of amides is 1. The van der Waals surface area contributed by atoms with Gasteiger partial charge in [0.05, 0.1) is 24.2 Å². The zero-order valence-electron chi connectivity index (χ0n) is 14.0. The van der Waals surface area contributed by atoms with E-state index in [4.69, 9.17) is 5.26 Å². The molecule has 128 valence electrons. The summed E-state index contributed by atoms with van der Waals surface area (Å²) >= 11 is 0. The van der Waals surface area contributed by atoms with Crippen molar-refractivity contribution in [2.24, 2.45) is 0 Å². The second kappa shape index (κ2) is 8.40. The lowest BCUT2D eigenvalue weighted by atomic mass is 10.1. The monoisotopic (exact) mass is 343 g/mol. The molecule has 0 fully saturated rings. The van der Waals surface area contributed by atoms with Gasteiger partial charge >= 0.3 is 0 Å². The van der Waals surface area contributed by atoms with Gasteiger partial charge in [0.25, 0.3) is 0 Å². The molecule has 2 aromatic carbocycles. The minimum absolute atomic E-state index is 0.221. The number of nitriles is 1. The Morgan fingerprint density at radius 3 is 2.81 bits per heavy atom. The molecule has 1 amide bonds. The average Bonchev–Trinajstić information content (AvgIpc) is 3.20. The molecule has 1 atom stereocenters. The van der Waals surface area contributed by atoms with Crippen molar-refractivity contribution in [3.05, 3.63) is 90.0 Å². The van der Waals surface area contributed by atoms with Gasteiger partial charge in [0, 0.05) is 6.08 Å². The van der Waals surface area contributed by atoms with Crippen LogP contribution >= 0.6 is 0 Å². The smallest absolute Gasteiger partial charge is 0.244 e. The molecule has 0 radical (unpaired) electrons. The molecule has 0 aliphatic heterocycles. The molecule has 0 aliphatic carbocycles. The number of hydrogen-bond acceptors (Lipinski definition) is 4. The van der Waals surface area contributed by atoms with Crippen molar-refractivity contribution in [2.45, 2.75) is 12.6 Å². The predicted octanol–water partition coefficient (Wildman–Crippen LogP) is 2.72. The van der Waals surface area contributed by atoms with Gasteiger partial charge in [-0.15, -0.1) is 0 Å². The molecule has 0 bridgehead atoms. The Hall–Kier alpha value is -3.72. The van der Waals surface area contributed by atoms with Gasteiger partial charge in [0.2, 0.25) is 5.91 Å². The van der Waals surface area contributed by atoms with Crippen LogP contribution in [0.15, 0.2) is 73.3 Å². The Labute approximate surface area is 151 Å². The number of nitrogens with zero attached hydrogens (tertiary/aromatic N) is 4. The van der Waals surface area contributed by atoms with E-state index in [1.165, 1.54) is 12.4 Å². The van der Waals surface area contributed by atoms with Crippen LogP contribution < -0.4 is 5.32 Å². The highest BCUT2D eigenvalue weighted by Crippen LogP contribution is 2.15. The zero-order valence-corrected chi connectivity index (χ0v) is 14.0. The van der Waals surface area contributed by atoms with Crippen molar-refractivity contribution >= 4 is 12.0 Å². The lowest BCUT2D eigenvalue weighted by Crippen LogP contribution is -2.30. The van der Waals surface area contributed by atoms with Crippen LogP contribution in [0.25, 0.3) is 6.08 Å². The van der Waals surface area contributed by atoms with Gasteiger partial charge in [-0.3, -0.25) is 9.48 Å². The first-order chi connectivity index (χ1) is 12.7. The average molecular weight is 343 g/mol. The largest absolute Gasteiger partial charge is 0.344 e. The molecule has 1 aromatic heterocycles. The maximum absolute atomic E-state index is 12.4. The summed E-state index contributed by atoms with van der Waals surface area (Å²) in [6.45, 7) is 0.480. The summed E-state index contributed by atoms with van der Waals surface area (Å²) in [5, 5.41) is 16.0. The Balaban J connectivity index is 1.72. The molecular weight excluding hydrogens is 326 g/mol. The summed E-state index contributed by atoms with van der Waals surface area (Å²) in [4.78, 5) is 16.3. The van der Waals surface area contributed by atoms with Gasteiger partial charge < -0.3 is 5.32 Å². The number of carbonyl (C=O) groups is 1. The SMILES string of the molecule is N#Cc1cccc(/C=C/C(=O)N[C@H](Cn2cncn2)c2ccccc2)c1. The van der Waals surface area contributed by atoms with E-state index in [1.807, 2.05) is 36.4 Å². The fourth-order valence-corrected chi connectivity index (χ4v) is 2.54. The number of nitrogens with one attached hydrogen (secondary N) is 1. The second-order valence-electron chi connectivity index (χ2n) is 5.66. The quantitative estimate of drug-likeness (QED) is 0.698. The van der Waals surface area contributed by atoms with Gasteiger partial charge in [-0.2, -0.15) is 10.4 Å².